The Morgan fingerprint density at radius 1 is 1.50 bits per heavy atom. The average Bonchev–Trinajstić information content (AvgIpc) is 2.83. The van der Waals surface area contributed by atoms with E-state index < -0.39 is 0 Å². The van der Waals surface area contributed by atoms with E-state index in [-0.39, 0.29) is 5.97 Å². The van der Waals surface area contributed by atoms with Crippen molar-refractivity contribution in [1.82, 2.24) is 4.98 Å². The summed E-state index contributed by atoms with van der Waals surface area (Å²) in [6.45, 7) is 6.01. The highest BCUT2D eigenvalue weighted by Gasteiger charge is 2.13. The SMILES string of the molecule is C=CCOc1ccc(C)c2[nH]c(C(=O)OC)cc12. The Bertz CT molecular complexity index is 598. The van der Waals surface area contributed by atoms with Crippen molar-refractivity contribution in [3.8, 4) is 5.75 Å². The Kier molecular flexibility index (Phi) is 3.37. The number of rotatable bonds is 4. The molecular weight excluding hydrogens is 230 g/mol. The molecule has 0 aliphatic heterocycles. The number of nitrogens with one attached hydrogen (secondary N) is 1. The normalized spacial score (nSPS) is 10.3. The molecule has 4 heteroatoms. The lowest BCUT2D eigenvalue weighted by atomic mass is 10.1. The minimum absolute atomic E-state index is 0.389. The molecule has 4 nitrogen and oxygen atoms in total. The molecule has 0 amide bonds. The number of hydrogen-bond donors (Lipinski definition) is 1. The van der Waals surface area contributed by atoms with Crippen molar-refractivity contribution in [2.24, 2.45) is 0 Å². The molecule has 2 aromatic rings. The Balaban J connectivity index is 2.54. The number of carbonyl (C=O) groups excluding carboxylic acids is 1. The summed E-state index contributed by atoms with van der Waals surface area (Å²) in [5.74, 6) is 0.335. The predicted molar refractivity (Wildman–Crippen MR) is 70.1 cm³/mol. The second-order valence-electron chi connectivity index (χ2n) is 3.94. The molecule has 0 fully saturated rings. The van der Waals surface area contributed by atoms with Gasteiger partial charge >= 0.3 is 5.97 Å². The maximum absolute atomic E-state index is 11.5. The van der Waals surface area contributed by atoms with E-state index in [1.54, 1.807) is 12.1 Å². The molecule has 0 aliphatic rings. The van der Waals surface area contributed by atoms with Crippen LogP contribution in [0.2, 0.25) is 0 Å². The summed E-state index contributed by atoms with van der Waals surface area (Å²) in [5, 5.41) is 0.872. The van der Waals surface area contributed by atoms with Crippen LogP contribution in [0.1, 0.15) is 16.1 Å². The maximum atomic E-state index is 11.5. The highest BCUT2D eigenvalue weighted by molar-refractivity contribution is 5.98. The number of ether oxygens (including phenoxy) is 2. The van der Waals surface area contributed by atoms with E-state index in [2.05, 4.69) is 11.6 Å². The minimum Gasteiger partial charge on any atom is -0.489 e. The van der Waals surface area contributed by atoms with Gasteiger partial charge in [-0.3, -0.25) is 0 Å². The molecule has 18 heavy (non-hydrogen) atoms. The van der Waals surface area contributed by atoms with Gasteiger partial charge in [0.25, 0.3) is 0 Å². The number of esters is 1. The first-order valence-corrected chi connectivity index (χ1v) is 5.61. The third kappa shape index (κ3) is 2.09. The van der Waals surface area contributed by atoms with E-state index in [0.717, 1.165) is 22.2 Å². The van der Waals surface area contributed by atoms with Gasteiger partial charge in [-0.2, -0.15) is 0 Å². The van der Waals surface area contributed by atoms with E-state index in [4.69, 9.17) is 9.47 Å². The summed E-state index contributed by atoms with van der Waals surface area (Å²) in [6, 6.07) is 5.57. The molecular formula is C14H15NO3. The van der Waals surface area contributed by atoms with Gasteiger partial charge in [-0.1, -0.05) is 18.7 Å². The van der Waals surface area contributed by atoms with E-state index in [1.807, 2.05) is 19.1 Å². The number of aromatic nitrogens is 1. The van der Waals surface area contributed by atoms with Crippen molar-refractivity contribution < 1.29 is 14.3 Å². The smallest absolute Gasteiger partial charge is 0.354 e. The van der Waals surface area contributed by atoms with Crippen LogP contribution in [0.3, 0.4) is 0 Å². The summed E-state index contributed by atoms with van der Waals surface area (Å²) < 4.78 is 10.3. The number of benzene rings is 1. The molecule has 0 unspecified atom stereocenters. The van der Waals surface area contributed by atoms with E-state index in [0.29, 0.717) is 12.3 Å². The van der Waals surface area contributed by atoms with Gasteiger partial charge in [0.05, 0.1) is 12.6 Å². The zero-order chi connectivity index (χ0) is 13.1. The summed E-state index contributed by atoms with van der Waals surface area (Å²) in [7, 11) is 1.36. The van der Waals surface area contributed by atoms with Crippen molar-refractivity contribution >= 4 is 16.9 Å². The molecule has 0 saturated heterocycles. The molecule has 1 N–H and O–H groups in total. The number of aromatic amines is 1. The van der Waals surface area contributed by atoms with Gasteiger partial charge in [-0.25, -0.2) is 4.79 Å². The molecule has 0 saturated carbocycles. The summed E-state index contributed by atoms with van der Waals surface area (Å²) >= 11 is 0. The first-order chi connectivity index (χ1) is 8.67. The average molecular weight is 245 g/mol. The zero-order valence-corrected chi connectivity index (χ0v) is 10.4. The second-order valence-corrected chi connectivity index (χ2v) is 3.94. The standard InChI is InChI=1S/C14H15NO3/c1-4-7-18-12-6-5-9(2)13-10(12)8-11(15-13)14(16)17-3/h4-6,8,15H,1,7H2,2-3H3. The van der Waals surface area contributed by atoms with Crippen LogP contribution in [0.25, 0.3) is 10.9 Å². The third-order valence-corrected chi connectivity index (χ3v) is 2.72. The summed E-state index contributed by atoms with van der Waals surface area (Å²) in [5.41, 5.74) is 2.35. The second kappa shape index (κ2) is 4.96. The molecule has 0 radical (unpaired) electrons. The van der Waals surface area contributed by atoms with Crippen LogP contribution < -0.4 is 4.74 Å². The molecule has 2 rings (SSSR count). The molecule has 1 aromatic heterocycles. The maximum Gasteiger partial charge on any atom is 0.354 e. The highest BCUT2D eigenvalue weighted by atomic mass is 16.5. The summed E-state index contributed by atoms with van der Waals surface area (Å²) in [4.78, 5) is 14.6. The van der Waals surface area contributed by atoms with Crippen molar-refractivity contribution in [1.29, 1.82) is 0 Å². The number of hydrogen-bond acceptors (Lipinski definition) is 3. The highest BCUT2D eigenvalue weighted by Crippen LogP contribution is 2.29. The quantitative estimate of drug-likeness (QED) is 0.665. The molecule has 94 valence electrons. The number of aryl methyl sites for hydroxylation is 1. The fourth-order valence-electron chi connectivity index (χ4n) is 1.83. The van der Waals surface area contributed by atoms with Crippen molar-refractivity contribution in [2.75, 3.05) is 13.7 Å². The zero-order valence-electron chi connectivity index (χ0n) is 10.4. The van der Waals surface area contributed by atoms with E-state index in [1.165, 1.54) is 7.11 Å². The lowest BCUT2D eigenvalue weighted by molar-refractivity contribution is 0.0595. The van der Waals surface area contributed by atoms with Gasteiger partial charge in [0.15, 0.2) is 0 Å². The van der Waals surface area contributed by atoms with Crippen LogP contribution in [0.15, 0.2) is 30.9 Å². The Hall–Kier alpha value is -2.23. The monoisotopic (exact) mass is 245 g/mol. The number of fused-ring (bicyclic) bond motifs is 1. The fraction of sp³-hybridized carbons (Fsp3) is 0.214. The van der Waals surface area contributed by atoms with E-state index >= 15 is 0 Å². The molecule has 0 atom stereocenters. The van der Waals surface area contributed by atoms with Crippen LogP contribution in [-0.4, -0.2) is 24.7 Å². The van der Waals surface area contributed by atoms with Gasteiger partial charge < -0.3 is 14.5 Å². The largest absolute Gasteiger partial charge is 0.489 e. The topological polar surface area (TPSA) is 51.3 Å². The summed E-state index contributed by atoms with van der Waals surface area (Å²) in [6.07, 6.45) is 1.68. The molecule has 0 spiro atoms. The molecule has 1 aromatic carbocycles. The molecule has 1 heterocycles. The Morgan fingerprint density at radius 3 is 2.94 bits per heavy atom. The van der Waals surface area contributed by atoms with E-state index in [9.17, 15) is 4.79 Å². The van der Waals surface area contributed by atoms with Gasteiger partial charge in [0.1, 0.15) is 18.1 Å². The lowest BCUT2D eigenvalue weighted by Gasteiger charge is -2.05. The van der Waals surface area contributed by atoms with Crippen LogP contribution in [0.4, 0.5) is 0 Å². The van der Waals surface area contributed by atoms with Crippen molar-refractivity contribution in [3.05, 3.63) is 42.1 Å². The molecule has 0 bridgehead atoms. The first-order valence-electron chi connectivity index (χ1n) is 5.61. The van der Waals surface area contributed by atoms with Crippen LogP contribution in [0, 0.1) is 6.92 Å². The van der Waals surface area contributed by atoms with Crippen LogP contribution in [-0.2, 0) is 4.74 Å². The molecule has 0 aliphatic carbocycles. The first kappa shape index (κ1) is 12.2. The van der Waals surface area contributed by atoms with Gasteiger partial charge in [0.2, 0.25) is 0 Å². The van der Waals surface area contributed by atoms with Crippen LogP contribution in [0.5, 0.6) is 5.75 Å². The number of methoxy groups -OCH3 is 1. The minimum atomic E-state index is -0.389. The Labute approximate surface area is 105 Å². The van der Waals surface area contributed by atoms with Gasteiger partial charge in [-0.05, 0) is 24.6 Å². The van der Waals surface area contributed by atoms with Gasteiger partial charge in [0, 0.05) is 5.39 Å². The lowest BCUT2D eigenvalue weighted by Crippen LogP contribution is -2.00. The van der Waals surface area contributed by atoms with Crippen LogP contribution >= 0.6 is 0 Å². The van der Waals surface area contributed by atoms with Crippen molar-refractivity contribution in [2.45, 2.75) is 6.92 Å². The Morgan fingerprint density at radius 2 is 2.28 bits per heavy atom. The van der Waals surface area contributed by atoms with Crippen molar-refractivity contribution in [3.63, 3.8) is 0 Å². The third-order valence-electron chi connectivity index (χ3n) is 2.72. The predicted octanol–water partition coefficient (Wildman–Crippen LogP) is 2.83. The fourth-order valence-corrected chi connectivity index (χ4v) is 1.83. The van der Waals surface area contributed by atoms with Gasteiger partial charge in [-0.15, -0.1) is 0 Å². The number of carbonyl (C=O) groups is 1. The number of H-pyrrole nitrogens is 1.